The Morgan fingerprint density at radius 3 is 2.73 bits per heavy atom. The molecule has 0 aliphatic heterocycles. The highest BCUT2D eigenvalue weighted by Crippen LogP contribution is 2.18. The first kappa shape index (κ1) is 16.6. The van der Waals surface area contributed by atoms with Crippen molar-refractivity contribution in [1.82, 2.24) is 5.32 Å². The molecule has 118 valence electrons. The van der Waals surface area contributed by atoms with Crippen LogP contribution in [0.2, 0.25) is 0 Å². The molecule has 2 aromatic rings. The van der Waals surface area contributed by atoms with Crippen molar-refractivity contribution in [3.05, 3.63) is 54.2 Å². The van der Waals surface area contributed by atoms with Gasteiger partial charge in [-0.05, 0) is 43.3 Å². The molecule has 6 heteroatoms. The van der Waals surface area contributed by atoms with Crippen LogP contribution in [0.1, 0.15) is 12.7 Å². The lowest BCUT2D eigenvalue weighted by molar-refractivity contribution is -0.119. The third-order valence-electron chi connectivity index (χ3n) is 2.99. The Morgan fingerprint density at radius 2 is 2.09 bits per heavy atom. The van der Waals surface area contributed by atoms with E-state index in [0.29, 0.717) is 12.2 Å². The first-order valence-corrected chi connectivity index (χ1v) is 7.83. The maximum atomic E-state index is 12.8. The van der Waals surface area contributed by atoms with E-state index in [-0.39, 0.29) is 24.0 Å². The molecule has 1 heterocycles. The van der Waals surface area contributed by atoms with Crippen molar-refractivity contribution in [3.63, 3.8) is 0 Å². The number of rotatable bonds is 7. The van der Waals surface area contributed by atoms with Crippen LogP contribution in [-0.4, -0.2) is 28.9 Å². The van der Waals surface area contributed by atoms with E-state index < -0.39 is 5.60 Å². The highest BCUT2D eigenvalue weighted by Gasteiger charge is 2.23. The molecule has 0 radical (unpaired) electrons. The van der Waals surface area contributed by atoms with Crippen LogP contribution in [0.5, 0.6) is 0 Å². The molecule has 4 nitrogen and oxygen atoms in total. The molecule has 1 aromatic carbocycles. The van der Waals surface area contributed by atoms with E-state index in [2.05, 4.69) is 5.32 Å². The van der Waals surface area contributed by atoms with Crippen LogP contribution in [0.25, 0.3) is 0 Å². The van der Waals surface area contributed by atoms with Crippen LogP contribution in [-0.2, 0) is 11.2 Å². The number of amides is 1. The number of thioether (sulfide) groups is 1. The predicted molar refractivity (Wildman–Crippen MR) is 83.2 cm³/mol. The molecule has 0 aliphatic rings. The summed E-state index contributed by atoms with van der Waals surface area (Å²) in [7, 11) is 0. The molecule has 0 aliphatic carbocycles. The van der Waals surface area contributed by atoms with Crippen molar-refractivity contribution in [2.75, 3.05) is 12.3 Å². The predicted octanol–water partition coefficient (Wildman–Crippen LogP) is 2.62. The molecule has 0 unspecified atom stereocenters. The Labute approximate surface area is 132 Å². The second-order valence-corrected chi connectivity index (χ2v) is 6.32. The van der Waals surface area contributed by atoms with Gasteiger partial charge in [0.25, 0.3) is 0 Å². The van der Waals surface area contributed by atoms with Gasteiger partial charge in [0.2, 0.25) is 5.91 Å². The summed E-state index contributed by atoms with van der Waals surface area (Å²) >= 11 is 1.31. The minimum absolute atomic E-state index is 0.135. The molecule has 0 saturated carbocycles. The molecule has 1 amide bonds. The van der Waals surface area contributed by atoms with Gasteiger partial charge in [0, 0.05) is 17.9 Å². The van der Waals surface area contributed by atoms with E-state index in [1.54, 1.807) is 37.5 Å². The van der Waals surface area contributed by atoms with Gasteiger partial charge in [-0.2, -0.15) is 0 Å². The first-order valence-electron chi connectivity index (χ1n) is 6.84. The summed E-state index contributed by atoms with van der Waals surface area (Å²) in [5.41, 5.74) is -1.08. The molecular formula is C16H18FNO3S. The zero-order valence-corrected chi connectivity index (χ0v) is 13.0. The number of aliphatic hydroxyl groups is 1. The molecular weight excluding hydrogens is 305 g/mol. The van der Waals surface area contributed by atoms with Crippen LogP contribution in [0, 0.1) is 5.82 Å². The van der Waals surface area contributed by atoms with Gasteiger partial charge in [-0.25, -0.2) is 4.39 Å². The molecule has 2 N–H and O–H groups in total. The monoisotopic (exact) mass is 323 g/mol. The topological polar surface area (TPSA) is 62.5 Å². The molecule has 22 heavy (non-hydrogen) atoms. The smallest absolute Gasteiger partial charge is 0.230 e. The number of benzene rings is 1. The van der Waals surface area contributed by atoms with E-state index in [1.807, 2.05) is 0 Å². The lowest BCUT2D eigenvalue weighted by Gasteiger charge is -2.22. The normalized spacial score (nSPS) is 13.6. The van der Waals surface area contributed by atoms with Crippen LogP contribution in [0.4, 0.5) is 4.39 Å². The van der Waals surface area contributed by atoms with Crippen molar-refractivity contribution in [1.29, 1.82) is 0 Å². The number of nitrogens with one attached hydrogen (secondary N) is 1. The third kappa shape index (κ3) is 5.54. The fourth-order valence-electron chi connectivity index (χ4n) is 1.87. The van der Waals surface area contributed by atoms with Gasteiger partial charge in [-0.1, -0.05) is 0 Å². The Kier molecular flexibility index (Phi) is 5.63. The zero-order chi connectivity index (χ0) is 16.0. The molecule has 0 fully saturated rings. The average molecular weight is 323 g/mol. The lowest BCUT2D eigenvalue weighted by Crippen LogP contribution is -2.42. The van der Waals surface area contributed by atoms with E-state index in [1.165, 1.54) is 23.9 Å². The highest BCUT2D eigenvalue weighted by molar-refractivity contribution is 8.00. The average Bonchev–Trinajstić information content (AvgIpc) is 2.97. The number of halogens is 1. The number of hydrogen-bond donors (Lipinski definition) is 2. The number of carbonyl (C=O) groups excluding carboxylic acids is 1. The SMILES string of the molecule is C[C@](O)(CNC(=O)CSc1ccc(F)cc1)Cc1ccco1. The van der Waals surface area contributed by atoms with Crippen molar-refractivity contribution in [3.8, 4) is 0 Å². The Hall–Kier alpha value is -1.79. The number of furan rings is 1. The lowest BCUT2D eigenvalue weighted by atomic mass is 10.0. The van der Waals surface area contributed by atoms with Crippen molar-refractivity contribution in [2.45, 2.75) is 23.8 Å². The van der Waals surface area contributed by atoms with Gasteiger partial charge in [-0.3, -0.25) is 4.79 Å². The number of carbonyl (C=O) groups is 1. The van der Waals surface area contributed by atoms with Crippen molar-refractivity contribution in [2.24, 2.45) is 0 Å². The number of hydrogen-bond acceptors (Lipinski definition) is 4. The van der Waals surface area contributed by atoms with Gasteiger partial charge >= 0.3 is 0 Å². The molecule has 0 bridgehead atoms. The summed E-state index contributed by atoms with van der Waals surface area (Å²) in [5.74, 6) is 0.388. The molecule has 0 spiro atoms. The Morgan fingerprint density at radius 1 is 1.36 bits per heavy atom. The molecule has 1 atom stereocenters. The van der Waals surface area contributed by atoms with E-state index in [0.717, 1.165) is 4.90 Å². The maximum absolute atomic E-state index is 12.8. The summed E-state index contributed by atoms with van der Waals surface area (Å²) in [6.45, 7) is 1.78. The van der Waals surface area contributed by atoms with Gasteiger partial charge in [-0.15, -0.1) is 11.8 Å². The quantitative estimate of drug-likeness (QED) is 0.769. The zero-order valence-electron chi connectivity index (χ0n) is 12.2. The van der Waals surface area contributed by atoms with Crippen molar-refractivity contribution < 1.29 is 18.7 Å². The second kappa shape index (κ2) is 7.47. The van der Waals surface area contributed by atoms with Gasteiger partial charge in [0.05, 0.1) is 17.6 Å². The van der Waals surface area contributed by atoms with Gasteiger partial charge in [0.15, 0.2) is 0 Å². The van der Waals surface area contributed by atoms with E-state index >= 15 is 0 Å². The summed E-state index contributed by atoms with van der Waals surface area (Å²) in [5, 5.41) is 12.9. The Bertz CT molecular complexity index is 596. The fourth-order valence-corrected chi connectivity index (χ4v) is 2.60. The van der Waals surface area contributed by atoms with Crippen LogP contribution < -0.4 is 5.32 Å². The summed E-state index contributed by atoms with van der Waals surface area (Å²) in [4.78, 5) is 12.6. The third-order valence-corrected chi connectivity index (χ3v) is 4.00. The minimum atomic E-state index is -1.08. The standard InChI is InChI=1S/C16H18FNO3S/c1-16(20,9-13-3-2-8-21-13)11-18-15(19)10-22-14-6-4-12(17)5-7-14/h2-8,20H,9-11H2,1H3,(H,18,19)/t16-/m1/s1. The highest BCUT2D eigenvalue weighted by atomic mass is 32.2. The van der Waals surface area contributed by atoms with Crippen molar-refractivity contribution >= 4 is 17.7 Å². The maximum Gasteiger partial charge on any atom is 0.230 e. The molecule has 1 aromatic heterocycles. The van der Waals surface area contributed by atoms with E-state index in [9.17, 15) is 14.3 Å². The Balaban J connectivity index is 1.73. The molecule has 2 rings (SSSR count). The minimum Gasteiger partial charge on any atom is -0.469 e. The largest absolute Gasteiger partial charge is 0.469 e. The fraction of sp³-hybridized carbons (Fsp3) is 0.312. The van der Waals surface area contributed by atoms with Gasteiger partial charge in [0.1, 0.15) is 11.6 Å². The van der Waals surface area contributed by atoms with Crippen LogP contribution in [0.3, 0.4) is 0 Å². The van der Waals surface area contributed by atoms with Gasteiger partial charge < -0.3 is 14.8 Å². The summed E-state index contributed by atoms with van der Waals surface area (Å²) in [6.07, 6.45) is 1.87. The second-order valence-electron chi connectivity index (χ2n) is 5.27. The van der Waals surface area contributed by atoms with Crippen LogP contribution in [0.15, 0.2) is 52.0 Å². The van der Waals surface area contributed by atoms with E-state index in [4.69, 9.17) is 4.42 Å². The molecule has 0 saturated heterocycles. The summed E-state index contributed by atoms with van der Waals surface area (Å²) < 4.78 is 18.0. The summed E-state index contributed by atoms with van der Waals surface area (Å²) in [6, 6.07) is 9.49. The van der Waals surface area contributed by atoms with Crippen LogP contribution >= 0.6 is 11.8 Å². The first-order chi connectivity index (χ1) is 10.4.